The van der Waals surface area contributed by atoms with Crippen LogP contribution in [0, 0.1) is 12.3 Å². The zero-order valence-corrected chi connectivity index (χ0v) is 12.6. The maximum atomic E-state index is 13.1. The number of hydrogen-bond acceptors (Lipinski definition) is 1. The first-order valence-electron chi connectivity index (χ1n) is 7.69. The van der Waals surface area contributed by atoms with E-state index >= 15 is 0 Å². The Morgan fingerprint density at radius 3 is 2.39 bits per heavy atom. The smallest absolute Gasteiger partial charge is 0.372 e. The molecule has 0 N–H and O–H groups in total. The van der Waals surface area contributed by atoms with Crippen LogP contribution in [0.1, 0.15) is 35.1 Å². The molecule has 1 fully saturated rings. The number of halogens is 3. The summed E-state index contributed by atoms with van der Waals surface area (Å²) in [4.78, 5) is 0. The number of rotatable bonds is 6. The minimum absolute atomic E-state index is 0.0456. The molecule has 2 aromatic carbocycles. The van der Waals surface area contributed by atoms with Gasteiger partial charge in [-0.25, -0.2) is 0 Å². The molecule has 1 aliphatic carbocycles. The molecule has 1 saturated carbocycles. The Bertz CT molecular complexity index is 645. The van der Waals surface area contributed by atoms with E-state index in [1.54, 1.807) is 12.1 Å². The zero-order valence-electron chi connectivity index (χ0n) is 12.6. The number of ether oxygens (including phenoxy) is 1. The van der Waals surface area contributed by atoms with Crippen molar-refractivity contribution >= 4 is 0 Å². The summed E-state index contributed by atoms with van der Waals surface area (Å²) >= 11 is 0. The zero-order chi connectivity index (χ0) is 16.3. The van der Waals surface area contributed by atoms with E-state index in [4.69, 9.17) is 4.74 Å². The molecule has 0 heterocycles. The summed E-state index contributed by atoms with van der Waals surface area (Å²) in [6, 6.07) is 13.7. The Labute approximate surface area is 134 Å². The number of hydrogen-bond donors (Lipinski definition) is 0. The predicted molar refractivity (Wildman–Crippen MR) is 82.5 cm³/mol. The van der Waals surface area contributed by atoms with Crippen LogP contribution in [0.25, 0.3) is 0 Å². The van der Waals surface area contributed by atoms with Crippen molar-refractivity contribution in [3.05, 3.63) is 77.2 Å². The molecule has 0 bridgehead atoms. The Morgan fingerprint density at radius 2 is 1.74 bits per heavy atom. The molecule has 0 atom stereocenters. The highest BCUT2D eigenvalue weighted by Gasteiger charge is 2.33. The standard InChI is InChI=1S/C19H18F3O/c20-19(21,22)18-9-8-16(10-14-6-7-14)11-17(18)13-23-12-15-4-2-1-3-5-15/h1-5,8-11,14H,6-7,12-13H2. The molecule has 0 spiro atoms. The summed E-state index contributed by atoms with van der Waals surface area (Å²) in [6.45, 7) is 0.255. The molecule has 0 saturated heterocycles. The Balaban J connectivity index is 1.71. The molecule has 0 amide bonds. The third-order valence-corrected chi connectivity index (χ3v) is 3.85. The van der Waals surface area contributed by atoms with E-state index in [2.05, 4.69) is 0 Å². The molecule has 1 radical (unpaired) electrons. The largest absolute Gasteiger partial charge is 0.416 e. The lowest BCUT2D eigenvalue weighted by molar-refractivity contribution is -0.138. The van der Waals surface area contributed by atoms with Crippen molar-refractivity contribution in [3.8, 4) is 0 Å². The van der Waals surface area contributed by atoms with Crippen LogP contribution in [0.5, 0.6) is 0 Å². The summed E-state index contributed by atoms with van der Waals surface area (Å²) in [5, 5.41) is 0. The van der Waals surface area contributed by atoms with E-state index in [0.29, 0.717) is 12.5 Å². The van der Waals surface area contributed by atoms with Gasteiger partial charge in [0.05, 0.1) is 18.8 Å². The van der Waals surface area contributed by atoms with Gasteiger partial charge in [-0.2, -0.15) is 13.2 Å². The van der Waals surface area contributed by atoms with Crippen molar-refractivity contribution in [1.29, 1.82) is 0 Å². The Morgan fingerprint density at radius 1 is 1.00 bits per heavy atom. The van der Waals surface area contributed by atoms with Crippen LogP contribution in [0.3, 0.4) is 0 Å². The summed E-state index contributed by atoms with van der Waals surface area (Å²) in [5.41, 5.74) is 1.38. The second-order valence-corrected chi connectivity index (χ2v) is 5.90. The van der Waals surface area contributed by atoms with Crippen molar-refractivity contribution in [3.63, 3.8) is 0 Å². The number of benzene rings is 2. The van der Waals surface area contributed by atoms with Crippen LogP contribution < -0.4 is 0 Å². The highest BCUT2D eigenvalue weighted by molar-refractivity contribution is 5.37. The van der Waals surface area contributed by atoms with Crippen LogP contribution in [0.2, 0.25) is 0 Å². The van der Waals surface area contributed by atoms with Gasteiger partial charge in [0.15, 0.2) is 0 Å². The lowest BCUT2D eigenvalue weighted by Gasteiger charge is -2.15. The van der Waals surface area contributed by atoms with Gasteiger partial charge in [0, 0.05) is 0 Å². The van der Waals surface area contributed by atoms with Crippen LogP contribution in [0.15, 0.2) is 48.5 Å². The lowest BCUT2D eigenvalue weighted by atomic mass is 10.0. The third kappa shape index (κ3) is 4.58. The summed E-state index contributed by atoms with van der Waals surface area (Å²) in [6.07, 6.45) is -0.0634. The molecule has 23 heavy (non-hydrogen) atoms. The van der Waals surface area contributed by atoms with Gasteiger partial charge in [0.2, 0.25) is 0 Å². The quantitative estimate of drug-likeness (QED) is 0.694. The van der Waals surface area contributed by atoms with E-state index < -0.39 is 11.7 Å². The van der Waals surface area contributed by atoms with E-state index in [9.17, 15) is 13.2 Å². The molecular formula is C19H18F3O. The van der Waals surface area contributed by atoms with E-state index in [1.165, 1.54) is 0 Å². The van der Waals surface area contributed by atoms with Crippen molar-refractivity contribution in [2.24, 2.45) is 5.92 Å². The van der Waals surface area contributed by atoms with Gasteiger partial charge in [0.1, 0.15) is 0 Å². The van der Waals surface area contributed by atoms with E-state index in [-0.39, 0.29) is 12.2 Å². The van der Waals surface area contributed by atoms with E-state index in [0.717, 1.165) is 30.0 Å². The van der Waals surface area contributed by atoms with Crippen molar-refractivity contribution in [2.75, 3.05) is 0 Å². The Kier molecular flexibility index (Phi) is 4.71. The first kappa shape index (κ1) is 16.1. The molecular weight excluding hydrogens is 301 g/mol. The molecule has 4 heteroatoms. The topological polar surface area (TPSA) is 9.23 Å². The normalized spacial score (nSPS) is 14.9. The van der Waals surface area contributed by atoms with Crippen molar-refractivity contribution in [2.45, 2.75) is 32.2 Å². The first-order chi connectivity index (χ1) is 11.0. The van der Waals surface area contributed by atoms with Crippen LogP contribution >= 0.6 is 0 Å². The van der Waals surface area contributed by atoms with Gasteiger partial charge >= 0.3 is 6.18 Å². The fraction of sp³-hybridized carbons (Fsp3) is 0.316. The number of alkyl halides is 3. The predicted octanol–water partition coefficient (Wildman–Crippen LogP) is 5.38. The van der Waals surface area contributed by atoms with Crippen LogP contribution in [-0.2, 0) is 24.1 Å². The molecule has 2 aromatic rings. The minimum atomic E-state index is -4.36. The fourth-order valence-electron chi connectivity index (χ4n) is 2.50. The second-order valence-electron chi connectivity index (χ2n) is 5.90. The van der Waals surface area contributed by atoms with Gasteiger partial charge in [-0.3, -0.25) is 0 Å². The summed E-state index contributed by atoms with van der Waals surface area (Å²) in [5.74, 6) is 0.518. The van der Waals surface area contributed by atoms with E-state index in [1.807, 2.05) is 36.8 Å². The highest BCUT2D eigenvalue weighted by Crippen LogP contribution is 2.37. The Hall–Kier alpha value is -1.81. The highest BCUT2D eigenvalue weighted by atomic mass is 19.4. The van der Waals surface area contributed by atoms with Gasteiger partial charge < -0.3 is 4.74 Å². The molecule has 0 aromatic heterocycles. The van der Waals surface area contributed by atoms with Gasteiger partial charge in [-0.1, -0.05) is 42.5 Å². The monoisotopic (exact) mass is 319 g/mol. The second kappa shape index (κ2) is 6.75. The minimum Gasteiger partial charge on any atom is -0.372 e. The summed E-state index contributed by atoms with van der Waals surface area (Å²) < 4.78 is 44.9. The molecule has 1 nitrogen and oxygen atoms in total. The maximum absolute atomic E-state index is 13.1. The molecule has 1 aliphatic rings. The van der Waals surface area contributed by atoms with Crippen LogP contribution in [-0.4, -0.2) is 0 Å². The average molecular weight is 319 g/mol. The molecule has 0 unspecified atom stereocenters. The third-order valence-electron chi connectivity index (χ3n) is 3.85. The SMILES string of the molecule is FC(F)(F)c1ccc([CH]C2CC2)cc1COCc1ccccc1. The molecule has 3 rings (SSSR count). The van der Waals surface area contributed by atoms with Crippen molar-refractivity contribution in [1.82, 2.24) is 0 Å². The first-order valence-corrected chi connectivity index (χ1v) is 7.69. The molecule has 121 valence electrons. The van der Waals surface area contributed by atoms with Gasteiger partial charge in [-0.15, -0.1) is 0 Å². The lowest BCUT2D eigenvalue weighted by Crippen LogP contribution is -2.10. The average Bonchev–Trinajstić information content (AvgIpc) is 3.31. The van der Waals surface area contributed by atoms with Gasteiger partial charge in [-0.05, 0) is 47.9 Å². The molecule has 0 aliphatic heterocycles. The summed E-state index contributed by atoms with van der Waals surface area (Å²) in [7, 11) is 0. The van der Waals surface area contributed by atoms with Crippen molar-refractivity contribution < 1.29 is 17.9 Å². The fourth-order valence-corrected chi connectivity index (χ4v) is 2.50. The van der Waals surface area contributed by atoms with Gasteiger partial charge in [0.25, 0.3) is 0 Å². The van der Waals surface area contributed by atoms with Crippen LogP contribution in [0.4, 0.5) is 13.2 Å². The maximum Gasteiger partial charge on any atom is 0.416 e.